The number of carbonyl (C=O) groups excluding carboxylic acids is 2. The highest BCUT2D eigenvalue weighted by atomic mass is 19.4. The first-order valence-electron chi connectivity index (χ1n) is 11.5. The van der Waals surface area contributed by atoms with Crippen molar-refractivity contribution in [1.29, 1.82) is 0 Å². The Labute approximate surface area is 208 Å². The van der Waals surface area contributed by atoms with E-state index >= 15 is 0 Å². The van der Waals surface area contributed by atoms with Gasteiger partial charge in [0, 0.05) is 12.7 Å². The van der Waals surface area contributed by atoms with Gasteiger partial charge >= 0.3 is 18.2 Å². The Hall–Kier alpha value is -3.11. The molecule has 2 aromatic rings. The molecule has 1 amide bonds. The second-order valence-corrected chi connectivity index (χ2v) is 8.85. The second-order valence-electron chi connectivity index (χ2n) is 8.85. The minimum atomic E-state index is -5.04. The van der Waals surface area contributed by atoms with Crippen LogP contribution in [0.25, 0.3) is 0 Å². The van der Waals surface area contributed by atoms with E-state index in [9.17, 15) is 22.8 Å². The monoisotopic (exact) mass is 509 g/mol. The molecule has 1 saturated heterocycles. The van der Waals surface area contributed by atoms with Crippen LogP contribution in [0.5, 0.6) is 0 Å². The molecule has 1 heterocycles. The average molecular weight is 510 g/mol. The molecule has 7 nitrogen and oxygen atoms in total. The van der Waals surface area contributed by atoms with Gasteiger partial charge in [0.05, 0.1) is 19.3 Å². The molecule has 196 valence electrons. The molecule has 2 atom stereocenters. The van der Waals surface area contributed by atoms with Crippen molar-refractivity contribution in [3.05, 3.63) is 71.8 Å². The number of amides is 1. The topological polar surface area (TPSA) is 74.3 Å². The van der Waals surface area contributed by atoms with Gasteiger partial charge in [-0.1, -0.05) is 60.7 Å². The molecule has 0 aromatic heterocycles. The van der Waals surface area contributed by atoms with Crippen LogP contribution in [0.4, 0.5) is 18.0 Å². The van der Waals surface area contributed by atoms with Crippen molar-refractivity contribution >= 4 is 12.1 Å². The van der Waals surface area contributed by atoms with E-state index in [4.69, 9.17) is 18.9 Å². The van der Waals surface area contributed by atoms with Crippen molar-refractivity contribution in [3.8, 4) is 0 Å². The maximum atomic E-state index is 14.0. The Morgan fingerprint density at radius 1 is 1.03 bits per heavy atom. The minimum absolute atomic E-state index is 0.0899. The normalized spacial score (nSPS) is 18.9. The second kappa shape index (κ2) is 11.3. The van der Waals surface area contributed by atoms with Crippen LogP contribution < -0.4 is 0 Å². The molecule has 0 spiro atoms. The Morgan fingerprint density at radius 2 is 1.64 bits per heavy atom. The third kappa shape index (κ3) is 5.82. The maximum Gasteiger partial charge on any atom is 0.432 e. The number of rotatable bonds is 9. The van der Waals surface area contributed by atoms with Crippen molar-refractivity contribution in [2.24, 2.45) is 0 Å². The Balaban J connectivity index is 1.60. The summed E-state index contributed by atoms with van der Waals surface area (Å²) in [6.45, 7) is 3.47. The van der Waals surface area contributed by atoms with Crippen LogP contribution in [-0.4, -0.2) is 55.2 Å². The molecule has 2 aromatic carbocycles. The number of benzene rings is 2. The fourth-order valence-corrected chi connectivity index (χ4v) is 4.23. The number of methoxy groups -OCH3 is 1. The summed E-state index contributed by atoms with van der Waals surface area (Å²) in [5, 5.41) is 0. The zero-order valence-electron chi connectivity index (χ0n) is 20.4. The molecule has 1 fully saturated rings. The van der Waals surface area contributed by atoms with Gasteiger partial charge < -0.3 is 18.9 Å². The van der Waals surface area contributed by atoms with Crippen molar-refractivity contribution in [1.82, 2.24) is 4.90 Å². The summed E-state index contributed by atoms with van der Waals surface area (Å²) in [6.07, 6.45) is -5.08. The number of hydrogen-bond donors (Lipinski definition) is 0. The first kappa shape index (κ1) is 27.5. The van der Waals surface area contributed by atoms with E-state index in [1.807, 2.05) is 30.3 Å². The number of ether oxygens (including phenoxy) is 4. The lowest BCUT2D eigenvalue weighted by Crippen LogP contribution is -2.51. The Kier molecular flexibility index (Phi) is 8.63. The number of nitrogens with zero attached hydrogens (tertiary/aromatic N) is 1. The number of esters is 1. The molecule has 1 aliphatic heterocycles. The van der Waals surface area contributed by atoms with Gasteiger partial charge in [0.2, 0.25) is 0 Å². The predicted octanol–water partition coefficient (Wildman–Crippen LogP) is 5.19. The lowest BCUT2D eigenvalue weighted by molar-refractivity contribution is -0.276. The Morgan fingerprint density at radius 3 is 2.22 bits per heavy atom. The summed E-state index contributed by atoms with van der Waals surface area (Å²) in [5.41, 5.74) is -3.70. The van der Waals surface area contributed by atoms with Crippen LogP contribution in [0.3, 0.4) is 0 Å². The van der Waals surface area contributed by atoms with E-state index in [0.29, 0.717) is 6.42 Å². The molecule has 3 rings (SSSR count). The summed E-state index contributed by atoms with van der Waals surface area (Å²) in [4.78, 5) is 26.9. The molecule has 0 N–H and O–H groups in total. The van der Waals surface area contributed by atoms with Crippen LogP contribution >= 0.6 is 0 Å². The maximum absolute atomic E-state index is 14.0. The van der Waals surface area contributed by atoms with Crippen LogP contribution in [-0.2, 0) is 35.9 Å². The smallest absolute Gasteiger partial charge is 0.432 e. The summed E-state index contributed by atoms with van der Waals surface area (Å²) < 4.78 is 62.9. The van der Waals surface area contributed by atoms with E-state index in [-0.39, 0.29) is 31.8 Å². The van der Waals surface area contributed by atoms with E-state index < -0.39 is 35.6 Å². The molecule has 0 bridgehead atoms. The van der Waals surface area contributed by atoms with Crippen molar-refractivity contribution in [2.45, 2.75) is 56.8 Å². The third-order valence-corrected chi connectivity index (χ3v) is 6.06. The van der Waals surface area contributed by atoms with Gasteiger partial charge in [0.25, 0.3) is 5.60 Å². The summed E-state index contributed by atoms with van der Waals surface area (Å²) in [7, 11) is 0.818. The zero-order valence-corrected chi connectivity index (χ0v) is 20.4. The van der Waals surface area contributed by atoms with E-state index in [1.54, 1.807) is 13.8 Å². The van der Waals surface area contributed by atoms with Crippen molar-refractivity contribution in [2.75, 3.05) is 20.3 Å². The van der Waals surface area contributed by atoms with Gasteiger partial charge in [-0.05, 0) is 32.3 Å². The molecule has 0 radical (unpaired) electrons. The Bertz CT molecular complexity index is 1020. The van der Waals surface area contributed by atoms with Gasteiger partial charge in [0.15, 0.2) is 0 Å². The number of alkyl halides is 3. The first-order valence-corrected chi connectivity index (χ1v) is 11.5. The van der Waals surface area contributed by atoms with Gasteiger partial charge in [-0.2, -0.15) is 13.2 Å². The lowest BCUT2D eigenvalue weighted by atomic mass is 9.93. The first-order chi connectivity index (χ1) is 17.0. The van der Waals surface area contributed by atoms with Crippen LogP contribution in [0.1, 0.15) is 37.8 Å². The average Bonchev–Trinajstić information content (AvgIpc) is 3.15. The number of hydrogen-bond acceptors (Lipinski definition) is 6. The molecule has 0 aliphatic carbocycles. The highest BCUT2D eigenvalue weighted by molar-refractivity contribution is 5.82. The van der Waals surface area contributed by atoms with Crippen LogP contribution in [0.15, 0.2) is 60.7 Å². The van der Waals surface area contributed by atoms with Gasteiger partial charge in [-0.3, -0.25) is 4.90 Å². The summed E-state index contributed by atoms with van der Waals surface area (Å²) in [6, 6.07) is 15.4. The molecular formula is C26H30F3NO6. The molecular weight excluding hydrogens is 479 g/mol. The highest BCUT2D eigenvalue weighted by Crippen LogP contribution is 2.43. The number of carbonyl (C=O) groups is 2. The number of halogens is 3. The quantitative estimate of drug-likeness (QED) is 0.342. The van der Waals surface area contributed by atoms with Crippen LogP contribution in [0.2, 0.25) is 0 Å². The van der Waals surface area contributed by atoms with Gasteiger partial charge in [-0.15, -0.1) is 0 Å². The molecule has 0 unspecified atom stereocenters. The fraction of sp³-hybridized carbons (Fsp3) is 0.462. The zero-order chi connectivity index (χ0) is 26.4. The minimum Gasteiger partial charge on any atom is -0.463 e. The van der Waals surface area contributed by atoms with Crippen molar-refractivity contribution in [3.63, 3.8) is 0 Å². The standard InChI is InChI=1S/C26H30F3NO6/c1-24(2)30(23(32)35-17-19-11-6-4-7-12-19)21(18-36-24)15-10-16-34-22(31)25(33-3,26(27,28)29)20-13-8-5-9-14-20/h4-9,11-14,21H,10,15-18H2,1-3H3/t21-,25+/m0/s1. The van der Waals surface area contributed by atoms with Crippen LogP contribution in [0, 0.1) is 0 Å². The third-order valence-electron chi connectivity index (χ3n) is 6.06. The lowest BCUT2D eigenvalue weighted by Gasteiger charge is -2.33. The molecule has 1 aliphatic rings. The predicted molar refractivity (Wildman–Crippen MR) is 124 cm³/mol. The van der Waals surface area contributed by atoms with E-state index in [1.165, 1.54) is 23.1 Å². The summed E-state index contributed by atoms with van der Waals surface area (Å²) in [5.74, 6) is -1.55. The molecule has 10 heteroatoms. The van der Waals surface area contributed by atoms with Crippen molar-refractivity contribution < 1.29 is 41.7 Å². The van der Waals surface area contributed by atoms with Gasteiger partial charge in [0.1, 0.15) is 12.3 Å². The van der Waals surface area contributed by atoms with E-state index in [2.05, 4.69) is 0 Å². The van der Waals surface area contributed by atoms with Gasteiger partial charge in [-0.25, -0.2) is 9.59 Å². The molecule has 36 heavy (non-hydrogen) atoms. The largest absolute Gasteiger partial charge is 0.463 e. The van der Waals surface area contributed by atoms with E-state index in [0.717, 1.165) is 24.8 Å². The SMILES string of the molecule is CO[C@@](C(=O)OCCC[C@H]1COC(C)(C)N1C(=O)OCc1ccccc1)(c1ccccc1)C(F)(F)F. The molecule has 0 saturated carbocycles. The fourth-order valence-electron chi connectivity index (χ4n) is 4.23. The summed E-state index contributed by atoms with van der Waals surface area (Å²) >= 11 is 0. The highest BCUT2D eigenvalue weighted by Gasteiger charge is 2.64.